The predicted octanol–water partition coefficient (Wildman–Crippen LogP) is 0.385. The van der Waals surface area contributed by atoms with Crippen LogP contribution in [-0.4, -0.2) is 48.1 Å². The maximum Gasteiger partial charge on any atom is 0.339 e. The van der Waals surface area contributed by atoms with E-state index in [2.05, 4.69) is 0 Å². The second kappa shape index (κ2) is 6.81. The standard InChI is InChI=1S/C10H15NO8P2/c12-10(13)9(8-4-2-1-3-5-8)11(6-20(14,15)16)7-21(17,18)19/h1-5,9H,6-7H2,(H,12,13)(H2,14,15,16)(H2,17,18,19). The van der Waals surface area contributed by atoms with Crippen LogP contribution in [0.2, 0.25) is 0 Å². The highest BCUT2D eigenvalue weighted by Crippen LogP contribution is 2.44. The van der Waals surface area contributed by atoms with Crippen LogP contribution in [0.4, 0.5) is 0 Å². The summed E-state index contributed by atoms with van der Waals surface area (Å²) < 4.78 is 22.2. The number of aliphatic carboxylic acids is 1. The van der Waals surface area contributed by atoms with Gasteiger partial charge in [0.25, 0.3) is 0 Å². The van der Waals surface area contributed by atoms with E-state index in [0.717, 1.165) is 0 Å². The molecule has 1 unspecified atom stereocenters. The summed E-state index contributed by atoms with van der Waals surface area (Å²) in [7, 11) is -9.41. The lowest BCUT2D eigenvalue weighted by Crippen LogP contribution is -2.35. The Morgan fingerprint density at radius 3 is 1.76 bits per heavy atom. The maximum absolute atomic E-state index is 11.4. The summed E-state index contributed by atoms with van der Waals surface area (Å²) in [5.41, 5.74) is 0.159. The number of carboxylic acids is 1. The van der Waals surface area contributed by atoms with Crippen LogP contribution < -0.4 is 0 Å². The van der Waals surface area contributed by atoms with E-state index >= 15 is 0 Å². The van der Waals surface area contributed by atoms with Crippen molar-refractivity contribution in [1.29, 1.82) is 0 Å². The van der Waals surface area contributed by atoms with E-state index in [-0.39, 0.29) is 5.56 Å². The maximum atomic E-state index is 11.4. The number of rotatable bonds is 7. The minimum Gasteiger partial charge on any atom is -0.480 e. The van der Waals surface area contributed by atoms with Crippen LogP contribution in [0.15, 0.2) is 30.3 Å². The molecule has 0 radical (unpaired) electrons. The Morgan fingerprint density at radius 2 is 1.43 bits per heavy atom. The Labute approximate surface area is 120 Å². The Morgan fingerprint density at radius 1 is 1.00 bits per heavy atom. The fraction of sp³-hybridized carbons (Fsp3) is 0.300. The molecule has 0 fully saturated rings. The van der Waals surface area contributed by atoms with Crippen LogP contribution in [0, 0.1) is 0 Å². The molecule has 0 aromatic heterocycles. The van der Waals surface area contributed by atoms with Crippen molar-refractivity contribution in [1.82, 2.24) is 4.90 Å². The highest BCUT2D eigenvalue weighted by Gasteiger charge is 2.35. The van der Waals surface area contributed by atoms with Crippen molar-refractivity contribution in [2.45, 2.75) is 6.04 Å². The zero-order valence-corrected chi connectivity index (χ0v) is 12.5. The third-order valence-corrected chi connectivity index (χ3v) is 3.91. The first-order chi connectivity index (χ1) is 9.49. The third-order valence-electron chi connectivity index (χ3n) is 2.45. The van der Waals surface area contributed by atoms with E-state index in [4.69, 9.17) is 19.6 Å². The minimum absolute atomic E-state index is 0.159. The molecule has 0 saturated heterocycles. The molecule has 1 aromatic rings. The molecule has 1 aromatic carbocycles. The van der Waals surface area contributed by atoms with Crippen molar-refractivity contribution in [2.75, 3.05) is 12.6 Å². The smallest absolute Gasteiger partial charge is 0.339 e. The molecule has 0 aliphatic rings. The van der Waals surface area contributed by atoms with Crippen molar-refractivity contribution >= 4 is 21.2 Å². The van der Waals surface area contributed by atoms with Gasteiger partial charge < -0.3 is 24.7 Å². The summed E-state index contributed by atoms with van der Waals surface area (Å²) in [6.45, 7) is 0. The molecule has 0 bridgehead atoms. The summed E-state index contributed by atoms with van der Waals surface area (Å²) >= 11 is 0. The molecule has 0 spiro atoms. The summed E-state index contributed by atoms with van der Waals surface area (Å²) in [5, 5.41) is 9.24. The van der Waals surface area contributed by atoms with Gasteiger partial charge in [0.05, 0.1) is 0 Å². The number of benzene rings is 1. The molecule has 0 amide bonds. The van der Waals surface area contributed by atoms with Crippen LogP contribution in [-0.2, 0) is 13.9 Å². The van der Waals surface area contributed by atoms with Gasteiger partial charge in [0.2, 0.25) is 0 Å². The fourth-order valence-corrected chi connectivity index (χ4v) is 3.46. The molecule has 0 aliphatic heterocycles. The molecule has 1 atom stereocenters. The Hall–Kier alpha value is -1.05. The van der Waals surface area contributed by atoms with E-state index in [1.165, 1.54) is 24.3 Å². The molecule has 9 nitrogen and oxygen atoms in total. The van der Waals surface area contributed by atoms with Gasteiger partial charge in [0.1, 0.15) is 18.6 Å². The van der Waals surface area contributed by atoms with E-state index in [9.17, 15) is 19.0 Å². The molecule has 21 heavy (non-hydrogen) atoms. The van der Waals surface area contributed by atoms with E-state index in [0.29, 0.717) is 4.90 Å². The number of carbonyl (C=O) groups is 1. The lowest BCUT2D eigenvalue weighted by atomic mass is 10.1. The summed E-state index contributed by atoms with van der Waals surface area (Å²) in [6, 6.07) is 5.85. The van der Waals surface area contributed by atoms with Crippen LogP contribution in [0.3, 0.4) is 0 Å². The van der Waals surface area contributed by atoms with Gasteiger partial charge in [-0.3, -0.25) is 18.8 Å². The predicted molar refractivity (Wildman–Crippen MR) is 72.5 cm³/mol. The van der Waals surface area contributed by atoms with Gasteiger partial charge in [-0.25, -0.2) is 0 Å². The largest absolute Gasteiger partial charge is 0.480 e. The summed E-state index contributed by atoms with van der Waals surface area (Å²) in [6.07, 6.45) is -2.16. The van der Waals surface area contributed by atoms with Crippen molar-refractivity contribution in [3.63, 3.8) is 0 Å². The average Bonchev–Trinajstić information content (AvgIpc) is 2.25. The molecule has 0 saturated carbocycles. The molecule has 5 N–H and O–H groups in total. The highest BCUT2D eigenvalue weighted by atomic mass is 31.2. The molecule has 0 heterocycles. The number of hydrogen-bond acceptors (Lipinski definition) is 4. The van der Waals surface area contributed by atoms with Gasteiger partial charge in [0, 0.05) is 0 Å². The number of nitrogens with zero attached hydrogens (tertiary/aromatic N) is 1. The molecular weight excluding hydrogens is 324 g/mol. The second-order valence-electron chi connectivity index (χ2n) is 4.35. The van der Waals surface area contributed by atoms with E-state index in [1.54, 1.807) is 6.07 Å². The zero-order valence-electron chi connectivity index (χ0n) is 10.7. The lowest BCUT2D eigenvalue weighted by molar-refractivity contribution is -0.142. The summed E-state index contributed by atoms with van der Waals surface area (Å²) in [5.74, 6) is -1.47. The monoisotopic (exact) mass is 339 g/mol. The number of hydrogen-bond donors (Lipinski definition) is 5. The first kappa shape index (κ1) is 18.0. The molecule has 11 heteroatoms. The fourth-order valence-electron chi connectivity index (χ4n) is 1.83. The quantitative estimate of drug-likeness (QED) is 0.443. The first-order valence-electron chi connectivity index (χ1n) is 5.60. The SMILES string of the molecule is O=C(O)C(c1ccccc1)N(CP(=O)(O)O)CP(=O)(O)O. The van der Waals surface area contributed by atoms with Crippen molar-refractivity contribution < 1.29 is 38.6 Å². The Balaban J connectivity index is 3.21. The highest BCUT2D eigenvalue weighted by molar-refractivity contribution is 7.52. The van der Waals surface area contributed by atoms with Gasteiger partial charge in [-0.1, -0.05) is 30.3 Å². The van der Waals surface area contributed by atoms with Crippen LogP contribution in [0.25, 0.3) is 0 Å². The first-order valence-corrected chi connectivity index (χ1v) is 9.20. The van der Waals surface area contributed by atoms with E-state index in [1.807, 2.05) is 0 Å². The molecule has 1 rings (SSSR count). The average molecular weight is 339 g/mol. The Kier molecular flexibility index (Phi) is 5.83. The van der Waals surface area contributed by atoms with E-state index < -0.39 is 39.8 Å². The van der Waals surface area contributed by atoms with Crippen LogP contribution >= 0.6 is 15.2 Å². The zero-order chi connectivity index (χ0) is 16.3. The third kappa shape index (κ3) is 6.50. The summed E-state index contributed by atoms with van der Waals surface area (Å²) in [4.78, 5) is 47.9. The minimum atomic E-state index is -4.70. The number of carboxylic acid groups (broad SMARTS) is 1. The van der Waals surface area contributed by atoms with Crippen molar-refractivity contribution in [2.24, 2.45) is 0 Å². The van der Waals surface area contributed by atoms with Crippen molar-refractivity contribution in [3.8, 4) is 0 Å². The van der Waals surface area contributed by atoms with Gasteiger partial charge in [0.15, 0.2) is 0 Å². The van der Waals surface area contributed by atoms with Crippen molar-refractivity contribution in [3.05, 3.63) is 35.9 Å². The van der Waals surface area contributed by atoms with Gasteiger partial charge >= 0.3 is 21.2 Å². The van der Waals surface area contributed by atoms with Gasteiger partial charge in [-0.05, 0) is 5.56 Å². The molecule has 0 aliphatic carbocycles. The molecular formula is C10H15NO8P2. The normalized spacial score (nSPS) is 14.1. The second-order valence-corrected chi connectivity index (χ2v) is 7.58. The van der Waals surface area contributed by atoms with Crippen LogP contribution in [0.5, 0.6) is 0 Å². The topological polar surface area (TPSA) is 156 Å². The van der Waals surface area contributed by atoms with Crippen LogP contribution in [0.1, 0.15) is 11.6 Å². The van der Waals surface area contributed by atoms with Gasteiger partial charge in [-0.2, -0.15) is 0 Å². The molecule has 118 valence electrons. The Bertz CT molecular complexity index is 556. The van der Waals surface area contributed by atoms with Gasteiger partial charge in [-0.15, -0.1) is 0 Å². The lowest BCUT2D eigenvalue weighted by Gasteiger charge is -2.29.